The molecule has 1 aromatic carbocycles. The van der Waals surface area contributed by atoms with Crippen molar-refractivity contribution in [2.45, 2.75) is 57.8 Å². The van der Waals surface area contributed by atoms with Gasteiger partial charge in [0.05, 0.1) is 18.4 Å². The van der Waals surface area contributed by atoms with E-state index in [0.717, 1.165) is 5.56 Å². The SMILES string of the molecule is CCOC(=O)c1c(-c2ccc(C3CCCCC3)cc2)csc1NC(=O)[C@@H]1CC=CC[C@@H]1C(=O)O. The van der Waals surface area contributed by atoms with Gasteiger partial charge in [0.1, 0.15) is 10.6 Å². The highest BCUT2D eigenvalue weighted by atomic mass is 32.1. The number of carbonyl (C=O) groups is 3. The zero-order valence-corrected chi connectivity index (χ0v) is 20.2. The number of carbonyl (C=O) groups excluding carboxylic acids is 2. The maximum Gasteiger partial charge on any atom is 0.341 e. The number of carboxylic acid groups (broad SMARTS) is 1. The predicted octanol–water partition coefficient (Wildman–Crippen LogP) is 6.25. The second-order valence-corrected chi connectivity index (χ2v) is 9.89. The molecule has 2 aliphatic carbocycles. The van der Waals surface area contributed by atoms with Crippen LogP contribution in [0.15, 0.2) is 41.8 Å². The third-order valence-electron chi connectivity index (χ3n) is 6.89. The van der Waals surface area contributed by atoms with E-state index in [2.05, 4.69) is 17.4 Å². The number of benzene rings is 1. The van der Waals surface area contributed by atoms with Crippen molar-refractivity contribution in [2.75, 3.05) is 11.9 Å². The number of hydrogen-bond acceptors (Lipinski definition) is 5. The molecule has 0 spiro atoms. The van der Waals surface area contributed by atoms with Crippen molar-refractivity contribution in [1.29, 1.82) is 0 Å². The third kappa shape index (κ3) is 5.25. The van der Waals surface area contributed by atoms with Gasteiger partial charge in [-0.15, -0.1) is 11.3 Å². The minimum Gasteiger partial charge on any atom is -0.481 e. The zero-order valence-electron chi connectivity index (χ0n) is 19.4. The molecule has 0 radical (unpaired) electrons. The van der Waals surface area contributed by atoms with Gasteiger partial charge in [-0.05, 0) is 49.7 Å². The van der Waals surface area contributed by atoms with Gasteiger partial charge >= 0.3 is 11.9 Å². The zero-order chi connectivity index (χ0) is 24.1. The molecule has 1 aromatic heterocycles. The van der Waals surface area contributed by atoms with Crippen molar-refractivity contribution in [3.05, 3.63) is 52.9 Å². The van der Waals surface area contributed by atoms with Crippen LogP contribution in [0.1, 0.15) is 73.7 Å². The number of thiophene rings is 1. The first-order valence-electron chi connectivity index (χ1n) is 12.1. The van der Waals surface area contributed by atoms with E-state index in [0.29, 0.717) is 34.9 Å². The lowest BCUT2D eigenvalue weighted by Crippen LogP contribution is -2.34. The van der Waals surface area contributed by atoms with Gasteiger partial charge in [0.2, 0.25) is 5.91 Å². The second kappa shape index (κ2) is 11.0. The van der Waals surface area contributed by atoms with E-state index in [4.69, 9.17) is 4.74 Å². The van der Waals surface area contributed by atoms with Crippen LogP contribution >= 0.6 is 11.3 Å². The van der Waals surface area contributed by atoms with Gasteiger partial charge < -0.3 is 15.2 Å². The summed E-state index contributed by atoms with van der Waals surface area (Å²) in [4.78, 5) is 37.5. The molecule has 2 N–H and O–H groups in total. The number of amides is 1. The standard InChI is InChI=1S/C27H31NO5S/c1-2-33-27(32)23-22(19-14-12-18(13-15-19)17-8-4-3-5-9-17)16-34-25(23)28-24(29)20-10-6-7-11-21(20)26(30)31/h6-7,12-17,20-21H,2-5,8-11H2,1H3,(H,28,29)(H,30,31)/t20-,21+/m1/s1. The van der Waals surface area contributed by atoms with Gasteiger partial charge in [0, 0.05) is 10.9 Å². The fourth-order valence-corrected chi connectivity index (χ4v) is 5.98. The van der Waals surface area contributed by atoms with Crippen molar-refractivity contribution in [3.63, 3.8) is 0 Å². The highest BCUT2D eigenvalue weighted by Crippen LogP contribution is 2.39. The minimum atomic E-state index is -0.986. The molecular weight excluding hydrogens is 450 g/mol. The van der Waals surface area contributed by atoms with E-state index in [1.165, 1.54) is 49.0 Å². The molecule has 0 saturated heterocycles. The smallest absolute Gasteiger partial charge is 0.341 e. The molecule has 4 rings (SSSR count). The van der Waals surface area contributed by atoms with Crippen molar-refractivity contribution >= 4 is 34.2 Å². The Morgan fingerprint density at radius 3 is 2.35 bits per heavy atom. The number of hydrogen-bond donors (Lipinski definition) is 2. The number of aliphatic carboxylic acids is 1. The first-order chi connectivity index (χ1) is 16.5. The second-order valence-electron chi connectivity index (χ2n) is 9.01. The molecule has 6 nitrogen and oxygen atoms in total. The van der Waals surface area contributed by atoms with Crippen molar-refractivity contribution in [2.24, 2.45) is 11.8 Å². The molecule has 2 aliphatic rings. The molecular formula is C27H31NO5S. The Hall–Kier alpha value is -2.93. The lowest BCUT2D eigenvalue weighted by molar-refractivity contribution is -0.146. The monoisotopic (exact) mass is 481 g/mol. The fraction of sp³-hybridized carbons (Fsp3) is 0.444. The van der Waals surface area contributed by atoms with Crippen molar-refractivity contribution in [3.8, 4) is 11.1 Å². The summed E-state index contributed by atoms with van der Waals surface area (Å²) in [5, 5.41) is 14.6. The largest absolute Gasteiger partial charge is 0.481 e. The number of ether oxygens (including phenoxy) is 1. The number of allylic oxidation sites excluding steroid dienone is 2. The predicted molar refractivity (Wildman–Crippen MR) is 133 cm³/mol. The van der Waals surface area contributed by atoms with Crippen LogP contribution in [0.25, 0.3) is 11.1 Å². The van der Waals surface area contributed by atoms with E-state index < -0.39 is 23.8 Å². The molecule has 180 valence electrons. The molecule has 7 heteroatoms. The van der Waals surface area contributed by atoms with Crippen LogP contribution in [0.2, 0.25) is 0 Å². The highest BCUT2D eigenvalue weighted by molar-refractivity contribution is 7.15. The average molecular weight is 482 g/mol. The summed E-state index contributed by atoms with van der Waals surface area (Å²) in [6.07, 6.45) is 10.6. The Morgan fingerprint density at radius 1 is 1.03 bits per heavy atom. The van der Waals surface area contributed by atoms with Crippen LogP contribution in [0.4, 0.5) is 5.00 Å². The molecule has 1 heterocycles. The maximum atomic E-state index is 13.0. The normalized spacial score (nSPS) is 20.6. The molecule has 0 aliphatic heterocycles. The summed E-state index contributed by atoms with van der Waals surface area (Å²) >= 11 is 1.26. The van der Waals surface area contributed by atoms with Gasteiger partial charge in [-0.3, -0.25) is 9.59 Å². The van der Waals surface area contributed by atoms with Crippen LogP contribution in [-0.2, 0) is 14.3 Å². The molecule has 0 bridgehead atoms. The summed E-state index contributed by atoms with van der Waals surface area (Å²) in [5.74, 6) is -2.73. The topological polar surface area (TPSA) is 92.7 Å². The highest BCUT2D eigenvalue weighted by Gasteiger charge is 2.35. The Bertz CT molecular complexity index is 1070. The van der Waals surface area contributed by atoms with Gasteiger partial charge in [0.25, 0.3) is 0 Å². The van der Waals surface area contributed by atoms with Gasteiger partial charge in [-0.2, -0.15) is 0 Å². The molecule has 1 saturated carbocycles. The first kappa shape index (κ1) is 24.2. The summed E-state index contributed by atoms with van der Waals surface area (Å²) < 4.78 is 5.31. The van der Waals surface area contributed by atoms with E-state index in [1.54, 1.807) is 13.0 Å². The van der Waals surface area contributed by atoms with Crippen LogP contribution in [0.5, 0.6) is 0 Å². The Labute approximate surface area is 204 Å². The molecule has 2 atom stereocenters. The van der Waals surface area contributed by atoms with E-state index in [9.17, 15) is 19.5 Å². The Balaban J connectivity index is 1.60. The molecule has 34 heavy (non-hydrogen) atoms. The van der Waals surface area contributed by atoms with E-state index in [1.807, 2.05) is 23.6 Å². The summed E-state index contributed by atoms with van der Waals surface area (Å²) in [6.45, 7) is 1.96. The van der Waals surface area contributed by atoms with Crippen LogP contribution in [0.3, 0.4) is 0 Å². The van der Waals surface area contributed by atoms with E-state index >= 15 is 0 Å². The van der Waals surface area contributed by atoms with Crippen molar-refractivity contribution in [1.82, 2.24) is 0 Å². The lowest BCUT2D eigenvalue weighted by Gasteiger charge is -2.24. The summed E-state index contributed by atoms with van der Waals surface area (Å²) in [7, 11) is 0. The summed E-state index contributed by atoms with van der Waals surface area (Å²) in [5.41, 5.74) is 3.26. The number of esters is 1. The van der Waals surface area contributed by atoms with Crippen molar-refractivity contribution < 1.29 is 24.2 Å². The molecule has 2 aromatic rings. The maximum absolute atomic E-state index is 13.0. The molecule has 0 unspecified atom stereocenters. The average Bonchev–Trinajstić information content (AvgIpc) is 3.28. The lowest BCUT2D eigenvalue weighted by atomic mass is 9.82. The number of nitrogens with one attached hydrogen (secondary N) is 1. The minimum absolute atomic E-state index is 0.219. The fourth-order valence-electron chi connectivity index (χ4n) is 5.02. The van der Waals surface area contributed by atoms with Crippen LogP contribution in [-0.4, -0.2) is 29.6 Å². The first-order valence-corrected chi connectivity index (χ1v) is 12.9. The number of rotatable bonds is 7. The van der Waals surface area contributed by atoms with Crippen LogP contribution in [0, 0.1) is 11.8 Å². The number of carboxylic acids is 1. The Morgan fingerprint density at radius 2 is 1.71 bits per heavy atom. The quantitative estimate of drug-likeness (QED) is 0.360. The summed E-state index contributed by atoms with van der Waals surface area (Å²) in [6, 6.07) is 8.35. The van der Waals surface area contributed by atoms with Gasteiger partial charge in [-0.25, -0.2) is 4.79 Å². The number of anilines is 1. The van der Waals surface area contributed by atoms with Gasteiger partial charge in [-0.1, -0.05) is 55.7 Å². The van der Waals surface area contributed by atoms with Crippen LogP contribution < -0.4 is 5.32 Å². The van der Waals surface area contributed by atoms with Gasteiger partial charge in [0.15, 0.2) is 0 Å². The Kier molecular flexibility index (Phi) is 7.83. The molecule has 1 fully saturated rings. The van der Waals surface area contributed by atoms with E-state index in [-0.39, 0.29) is 12.5 Å². The third-order valence-corrected chi connectivity index (χ3v) is 7.79. The molecule has 1 amide bonds.